The summed E-state index contributed by atoms with van der Waals surface area (Å²) in [5.74, 6) is -1.50. The van der Waals surface area contributed by atoms with E-state index in [4.69, 9.17) is 0 Å². The molecule has 0 bridgehead atoms. The van der Waals surface area contributed by atoms with E-state index < -0.39 is 17.4 Å². The van der Waals surface area contributed by atoms with Gasteiger partial charge in [-0.1, -0.05) is 30.3 Å². The Morgan fingerprint density at radius 2 is 1.90 bits per heavy atom. The molecule has 1 heterocycles. The molecule has 1 amide bonds. The summed E-state index contributed by atoms with van der Waals surface area (Å²) in [6, 6.07) is 10.4. The molecule has 6 heteroatoms. The van der Waals surface area contributed by atoms with Gasteiger partial charge in [0.05, 0.1) is 8.66 Å². The van der Waals surface area contributed by atoms with Crippen molar-refractivity contribution < 1.29 is 14.7 Å². The van der Waals surface area contributed by atoms with E-state index in [2.05, 4.69) is 21.2 Å². The van der Waals surface area contributed by atoms with Crippen LogP contribution < -0.4 is 5.32 Å². The number of benzene rings is 1. The van der Waals surface area contributed by atoms with E-state index in [1.54, 1.807) is 36.4 Å². The fraction of sp³-hybridized carbons (Fsp3) is 0.200. The van der Waals surface area contributed by atoms with Crippen LogP contribution in [0.3, 0.4) is 0 Å². The SMILES string of the molecule is Cc1cc(C(=O)NC(C)(C(=O)O)c2ccccc2)sc1Br. The first-order valence-electron chi connectivity index (χ1n) is 6.22. The van der Waals surface area contributed by atoms with Gasteiger partial charge >= 0.3 is 5.97 Å². The quantitative estimate of drug-likeness (QED) is 0.868. The zero-order valence-corrected chi connectivity index (χ0v) is 13.9. The Balaban J connectivity index is 2.33. The number of carbonyl (C=O) groups is 2. The minimum atomic E-state index is -1.47. The van der Waals surface area contributed by atoms with Crippen LogP contribution in [0.25, 0.3) is 0 Å². The monoisotopic (exact) mass is 367 g/mol. The van der Waals surface area contributed by atoms with Crippen molar-refractivity contribution in [3.63, 3.8) is 0 Å². The van der Waals surface area contributed by atoms with E-state index in [9.17, 15) is 14.7 Å². The zero-order chi connectivity index (χ0) is 15.6. The summed E-state index contributed by atoms with van der Waals surface area (Å²) in [6.07, 6.45) is 0. The van der Waals surface area contributed by atoms with Gasteiger partial charge in [-0.25, -0.2) is 4.79 Å². The summed E-state index contributed by atoms with van der Waals surface area (Å²) in [7, 11) is 0. The van der Waals surface area contributed by atoms with Crippen LogP contribution in [0.5, 0.6) is 0 Å². The van der Waals surface area contributed by atoms with Crippen LogP contribution in [0, 0.1) is 6.92 Å². The van der Waals surface area contributed by atoms with E-state index in [-0.39, 0.29) is 0 Å². The molecule has 0 aliphatic carbocycles. The van der Waals surface area contributed by atoms with Gasteiger partial charge in [-0.15, -0.1) is 11.3 Å². The highest BCUT2D eigenvalue weighted by molar-refractivity contribution is 9.11. The molecular formula is C15H14BrNO3S. The molecule has 1 atom stereocenters. The standard InChI is InChI=1S/C15H14BrNO3S/c1-9-8-11(21-12(9)16)13(18)17-15(2,14(19)20)10-6-4-3-5-7-10/h3-8H,1-2H3,(H,17,18)(H,19,20). The first kappa shape index (κ1) is 15.7. The van der Waals surface area contributed by atoms with Crippen molar-refractivity contribution in [2.45, 2.75) is 19.4 Å². The Labute approximate surface area is 134 Å². The number of halogens is 1. The largest absolute Gasteiger partial charge is 0.479 e. The normalized spacial score (nSPS) is 13.5. The number of thiophene rings is 1. The maximum absolute atomic E-state index is 12.3. The Morgan fingerprint density at radius 3 is 2.38 bits per heavy atom. The van der Waals surface area contributed by atoms with Gasteiger partial charge in [0.2, 0.25) is 0 Å². The van der Waals surface area contributed by atoms with Crippen molar-refractivity contribution in [1.29, 1.82) is 0 Å². The molecule has 2 N–H and O–H groups in total. The molecule has 0 saturated carbocycles. The summed E-state index contributed by atoms with van der Waals surface area (Å²) in [5, 5.41) is 12.1. The van der Waals surface area contributed by atoms with E-state index in [0.717, 1.165) is 9.35 Å². The number of rotatable bonds is 4. The first-order valence-corrected chi connectivity index (χ1v) is 7.83. The average Bonchev–Trinajstić information content (AvgIpc) is 2.79. The predicted molar refractivity (Wildman–Crippen MR) is 85.7 cm³/mol. The van der Waals surface area contributed by atoms with E-state index in [1.165, 1.54) is 18.3 Å². The molecule has 1 aromatic carbocycles. The molecule has 0 fully saturated rings. The number of aryl methyl sites for hydroxylation is 1. The summed E-state index contributed by atoms with van der Waals surface area (Å²) in [4.78, 5) is 24.4. The Kier molecular flexibility index (Phi) is 4.49. The molecule has 0 radical (unpaired) electrons. The fourth-order valence-electron chi connectivity index (χ4n) is 1.88. The molecule has 0 saturated heterocycles. The molecule has 2 rings (SSSR count). The second-order valence-corrected chi connectivity index (χ2v) is 7.19. The van der Waals surface area contributed by atoms with Gasteiger partial charge in [-0.2, -0.15) is 0 Å². The lowest BCUT2D eigenvalue weighted by atomic mass is 9.92. The van der Waals surface area contributed by atoms with Gasteiger partial charge in [0.1, 0.15) is 0 Å². The zero-order valence-electron chi connectivity index (χ0n) is 11.5. The number of hydrogen-bond acceptors (Lipinski definition) is 3. The minimum absolute atomic E-state index is 0.400. The lowest BCUT2D eigenvalue weighted by Gasteiger charge is -2.26. The van der Waals surface area contributed by atoms with Gasteiger partial charge in [-0.05, 0) is 47.0 Å². The van der Waals surface area contributed by atoms with E-state index in [1.807, 2.05) is 6.92 Å². The third-order valence-electron chi connectivity index (χ3n) is 3.22. The number of nitrogens with one attached hydrogen (secondary N) is 1. The fourth-order valence-corrected chi connectivity index (χ4v) is 3.31. The third kappa shape index (κ3) is 3.16. The van der Waals surface area contributed by atoms with Gasteiger partial charge in [0, 0.05) is 0 Å². The molecule has 0 spiro atoms. The van der Waals surface area contributed by atoms with Crippen LogP contribution in [0.4, 0.5) is 0 Å². The first-order chi connectivity index (χ1) is 9.84. The number of carboxylic acids is 1. The maximum atomic E-state index is 12.3. The third-order valence-corrected chi connectivity index (χ3v) is 5.36. The molecule has 0 aliphatic rings. The van der Waals surface area contributed by atoms with Crippen molar-refractivity contribution in [1.82, 2.24) is 5.32 Å². The van der Waals surface area contributed by atoms with Crippen molar-refractivity contribution in [2.24, 2.45) is 0 Å². The number of aliphatic carboxylic acids is 1. The number of hydrogen-bond donors (Lipinski definition) is 2. The topological polar surface area (TPSA) is 66.4 Å². The van der Waals surface area contributed by atoms with Crippen molar-refractivity contribution in [2.75, 3.05) is 0 Å². The Hall–Kier alpha value is -1.66. The van der Waals surface area contributed by atoms with Crippen LogP contribution in [-0.4, -0.2) is 17.0 Å². The number of carbonyl (C=O) groups excluding carboxylic acids is 1. The van der Waals surface area contributed by atoms with Gasteiger partial charge < -0.3 is 10.4 Å². The smallest absolute Gasteiger partial charge is 0.333 e. The second kappa shape index (κ2) is 5.99. The van der Waals surface area contributed by atoms with E-state index >= 15 is 0 Å². The minimum Gasteiger partial charge on any atom is -0.479 e. The molecule has 4 nitrogen and oxygen atoms in total. The van der Waals surface area contributed by atoms with Gasteiger partial charge in [0.25, 0.3) is 5.91 Å². The summed E-state index contributed by atoms with van der Waals surface area (Å²) >= 11 is 4.64. The molecule has 110 valence electrons. The molecule has 21 heavy (non-hydrogen) atoms. The highest BCUT2D eigenvalue weighted by Crippen LogP contribution is 2.28. The average molecular weight is 368 g/mol. The van der Waals surface area contributed by atoms with Crippen molar-refractivity contribution in [3.05, 3.63) is 56.2 Å². The molecule has 2 aromatic rings. The van der Waals surface area contributed by atoms with E-state index in [0.29, 0.717) is 10.4 Å². The molecular weight excluding hydrogens is 354 g/mol. The molecule has 0 aliphatic heterocycles. The van der Waals surface area contributed by atoms with Crippen LogP contribution in [0.1, 0.15) is 27.7 Å². The van der Waals surface area contributed by atoms with Crippen LogP contribution in [0.2, 0.25) is 0 Å². The highest BCUT2D eigenvalue weighted by atomic mass is 79.9. The number of amides is 1. The lowest BCUT2D eigenvalue weighted by molar-refractivity contribution is -0.144. The predicted octanol–water partition coefficient (Wildman–Crippen LogP) is 3.55. The van der Waals surface area contributed by atoms with Crippen molar-refractivity contribution in [3.8, 4) is 0 Å². The molecule has 1 unspecified atom stereocenters. The van der Waals surface area contributed by atoms with Crippen LogP contribution in [0.15, 0.2) is 40.2 Å². The summed E-state index contributed by atoms with van der Waals surface area (Å²) in [5.41, 5.74) is 0.00277. The maximum Gasteiger partial charge on any atom is 0.333 e. The van der Waals surface area contributed by atoms with Gasteiger partial charge in [0.15, 0.2) is 5.54 Å². The molecule has 1 aromatic heterocycles. The lowest BCUT2D eigenvalue weighted by Crippen LogP contribution is -2.49. The Bertz CT molecular complexity index is 664. The van der Waals surface area contributed by atoms with Crippen molar-refractivity contribution >= 4 is 39.1 Å². The summed E-state index contributed by atoms with van der Waals surface area (Å²) in [6.45, 7) is 3.36. The summed E-state index contributed by atoms with van der Waals surface area (Å²) < 4.78 is 0.865. The highest BCUT2D eigenvalue weighted by Gasteiger charge is 2.37. The second-order valence-electron chi connectivity index (χ2n) is 4.82. The number of carboxylic acid groups (broad SMARTS) is 1. The van der Waals surface area contributed by atoms with Crippen LogP contribution in [-0.2, 0) is 10.3 Å². The van der Waals surface area contributed by atoms with Gasteiger partial charge in [-0.3, -0.25) is 4.79 Å². The Morgan fingerprint density at radius 1 is 1.29 bits per heavy atom. The van der Waals surface area contributed by atoms with Crippen LogP contribution >= 0.6 is 27.3 Å².